The molecule has 0 saturated heterocycles. The normalized spacial score (nSPS) is 10.7. The highest BCUT2D eigenvalue weighted by Crippen LogP contribution is 2.25. The SMILES string of the molecule is CCCCOc1ccc(-c2cc(-c3ccc(N)cc3)[nH]n2)cc1. The minimum atomic E-state index is 0.757. The fourth-order valence-electron chi connectivity index (χ4n) is 2.34. The summed E-state index contributed by atoms with van der Waals surface area (Å²) in [6, 6.07) is 17.8. The van der Waals surface area contributed by atoms with E-state index in [2.05, 4.69) is 17.1 Å². The molecule has 4 heteroatoms. The molecule has 1 heterocycles. The molecule has 0 radical (unpaired) electrons. The van der Waals surface area contributed by atoms with Gasteiger partial charge in [0.2, 0.25) is 0 Å². The van der Waals surface area contributed by atoms with Crippen LogP contribution in [0.15, 0.2) is 54.6 Å². The van der Waals surface area contributed by atoms with Crippen LogP contribution in [0.25, 0.3) is 22.5 Å². The van der Waals surface area contributed by atoms with E-state index in [4.69, 9.17) is 10.5 Å². The number of hydrogen-bond acceptors (Lipinski definition) is 3. The Balaban J connectivity index is 1.73. The lowest BCUT2D eigenvalue weighted by atomic mass is 10.1. The number of hydrogen-bond donors (Lipinski definition) is 2. The molecule has 3 N–H and O–H groups in total. The van der Waals surface area contributed by atoms with Crippen molar-refractivity contribution >= 4 is 5.69 Å². The first-order valence-corrected chi connectivity index (χ1v) is 7.91. The lowest BCUT2D eigenvalue weighted by Crippen LogP contribution is -1.95. The number of unbranched alkanes of at least 4 members (excludes halogenated alkanes) is 1. The molecule has 0 bridgehead atoms. The first-order chi connectivity index (χ1) is 11.3. The van der Waals surface area contributed by atoms with Crippen LogP contribution in [-0.2, 0) is 0 Å². The smallest absolute Gasteiger partial charge is 0.119 e. The van der Waals surface area contributed by atoms with Crippen molar-refractivity contribution in [1.82, 2.24) is 10.2 Å². The summed E-state index contributed by atoms with van der Waals surface area (Å²) in [5, 5.41) is 7.47. The maximum Gasteiger partial charge on any atom is 0.119 e. The fourth-order valence-corrected chi connectivity index (χ4v) is 2.34. The molecular formula is C19H21N3O. The van der Waals surface area contributed by atoms with Crippen LogP contribution < -0.4 is 10.5 Å². The number of rotatable bonds is 6. The molecule has 4 nitrogen and oxygen atoms in total. The van der Waals surface area contributed by atoms with Crippen molar-refractivity contribution in [2.45, 2.75) is 19.8 Å². The molecule has 0 fully saturated rings. The van der Waals surface area contributed by atoms with Gasteiger partial charge in [0.25, 0.3) is 0 Å². The maximum atomic E-state index is 5.72. The Bertz CT molecular complexity index is 745. The molecule has 3 aromatic rings. The van der Waals surface area contributed by atoms with Crippen LogP contribution in [0.2, 0.25) is 0 Å². The van der Waals surface area contributed by atoms with Gasteiger partial charge in [-0.15, -0.1) is 0 Å². The number of nitrogens with zero attached hydrogens (tertiary/aromatic N) is 1. The van der Waals surface area contributed by atoms with E-state index in [-0.39, 0.29) is 0 Å². The molecule has 3 rings (SSSR count). The summed E-state index contributed by atoms with van der Waals surface area (Å²) in [6.07, 6.45) is 2.21. The predicted molar refractivity (Wildman–Crippen MR) is 94.3 cm³/mol. The first kappa shape index (κ1) is 15.2. The fraction of sp³-hybridized carbons (Fsp3) is 0.211. The number of nitrogens with two attached hydrogens (primary N) is 1. The summed E-state index contributed by atoms with van der Waals surface area (Å²) in [4.78, 5) is 0. The second kappa shape index (κ2) is 7.01. The Morgan fingerprint density at radius 3 is 2.39 bits per heavy atom. The van der Waals surface area contributed by atoms with Gasteiger partial charge in [-0.05, 0) is 54.4 Å². The molecule has 0 spiro atoms. The molecule has 1 aromatic heterocycles. The molecule has 0 amide bonds. The van der Waals surface area contributed by atoms with E-state index in [0.717, 1.165) is 53.4 Å². The molecule has 23 heavy (non-hydrogen) atoms. The molecule has 0 saturated carbocycles. The Morgan fingerprint density at radius 2 is 1.70 bits per heavy atom. The van der Waals surface area contributed by atoms with Crippen LogP contribution in [0.1, 0.15) is 19.8 Å². The Hall–Kier alpha value is -2.75. The van der Waals surface area contributed by atoms with Gasteiger partial charge in [0.15, 0.2) is 0 Å². The van der Waals surface area contributed by atoms with Gasteiger partial charge >= 0.3 is 0 Å². The summed E-state index contributed by atoms with van der Waals surface area (Å²) in [7, 11) is 0. The van der Waals surface area contributed by atoms with Crippen LogP contribution in [0, 0.1) is 0 Å². The highest BCUT2D eigenvalue weighted by molar-refractivity contribution is 5.69. The monoisotopic (exact) mass is 307 g/mol. The van der Waals surface area contributed by atoms with Gasteiger partial charge in [-0.3, -0.25) is 5.10 Å². The Kier molecular flexibility index (Phi) is 4.62. The summed E-state index contributed by atoms with van der Waals surface area (Å²) in [6.45, 7) is 2.92. The molecule has 0 atom stereocenters. The highest BCUT2D eigenvalue weighted by Gasteiger charge is 2.06. The lowest BCUT2D eigenvalue weighted by molar-refractivity contribution is 0.309. The van der Waals surface area contributed by atoms with Crippen LogP contribution in [0.3, 0.4) is 0 Å². The number of aromatic amines is 1. The summed E-state index contributed by atoms with van der Waals surface area (Å²) < 4.78 is 5.68. The second-order valence-electron chi connectivity index (χ2n) is 5.52. The van der Waals surface area contributed by atoms with Crippen molar-refractivity contribution in [1.29, 1.82) is 0 Å². The van der Waals surface area contributed by atoms with E-state index in [1.807, 2.05) is 54.6 Å². The minimum Gasteiger partial charge on any atom is -0.494 e. The van der Waals surface area contributed by atoms with Crippen molar-refractivity contribution in [3.8, 4) is 28.3 Å². The van der Waals surface area contributed by atoms with E-state index in [1.165, 1.54) is 0 Å². The Labute approximate surface area is 136 Å². The molecule has 2 aromatic carbocycles. The van der Waals surface area contributed by atoms with Gasteiger partial charge in [-0.2, -0.15) is 5.10 Å². The van der Waals surface area contributed by atoms with E-state index in [9.17, 15) is 0 Å². The average Bonchev–Trinajstić information content (AvgIpc) is 3.06. The highest BCUT2D eigenvalue weighted by atomic mass is 16.5. The summed E-state index contributed by atoms with van der Waals surface area (Å²) in [5.74, 6) is 0.900. The predicted octanol–water partition coefficient (Wildman–Crippen LogP) is 4.50. The van der Waals surface area contributed by atoms with Gasteiger partial charge in [-0.1, -0.05) is 25.5 Å². The first-order valence-electron chi connectivity index (χ1n) is 7.91. The van der Waals surface area contributed by atoms with Crippen molar-refractivity contribution < 1.29 is 4.74 Å². The zero-order valence-corrected chi connectivity index (χ0v) is 13.3. The summed E-state index contributed by atoms with van der Waals surface area (Å²) in [5.41, 5.74) is 10.5. The van der Waals surface area contributed by atoms with Crippen LogP contribution in [-0.4, -0.2) is 16.8 Å². The standard InChI is InChI=1S/C19H21N3O/c1-2-3-12-23-17-10-6-15(7-11-17)19-13-18(21-22-19)14-4-8-16(20)9-5-14/h4-11,13H,2-3,12,20H2,1H3,(H,21,22). The third kappa shape index (κ3) is 3.72. The molecule has 118 valence electrons. The molecule has 0 aliphatic rings. The topological polar surface area (TPSA) is 63.9 Å². The van der Waals surface area contributed by atoms with Crippen LogP contribution in [0.4, 0.5) is 5.69 Å². The number of anilines is 1. The van der Waals surface area contributed by atoms with Crippen LogP contribution >= 0.6 is 0 Å². The van der Waals surface area contributed by atoms with Crippen molar-refractivity contribution in [3.05, 3.63) is 54.6 Å². The lowest BCUT2D eigenvalue weighted by Gasteiger charge is -2.05. The van der Waals surface area contributed by atoms with Gasteiger partial charge in [0.1, 0.15) is 5.75 Å². The number of nitrogens with one attached hydrogen (secondary N) is 1. The minimum absolute atomic E-state index is 0.757. The Morgan fingerprint density at radius 1 is 1.00 bits per heavy atom. The molecule has 0 unspecified atom stereocenters. The van der Waals surface area contributed by atoms with Gasteiger partial charge < -0.3 is 10.5 Å². The number of benzene rings is 2. The van der Waals surface area contributed by atoms with E-state index >= 15 is 0 Å². The van der Waals surface area contributed by atoms with Crippen molar-refractivity contribution in [2.75, 3.05) is 12.3 Å². The van der Waals surface area contributed by atoms with Gasteiger partial charge in [0, 0.05) is 11.3 Å². The molecular weight excluding hydrogens is 286 g/mol. The number of H-pyrrole nitrogens is 1. The number of ether oxygens (including phenoxy) is 1. The quantitative estimate of drug-likeness (QED) is 0.520. The van der Waals surface area contributed by atoms with Crippen molar-refractivity contribution in [3.63, 3.8) is 0 Å². The third-order valence-corrected chi connectivity index (χ3v) is 3.72. The van der Waals surface area contributed by atoms with Crippen LogP contribution in [0.5, 0.6) is 5.75 Å². The third-order valence-electron chi connectivity index (χ3n) is 3.72. The van der Waals surface area contributed by atoms with E-state index in [0.29, 0.717) is 0 Å². The zero-order chi connectivity index (χ0) is 16.1. The van der Waals surface area contributed by atoms with E-state index < -0.39 is 0 Å². The zero-order valence-electron chi connectivity index (χ0n) is 13.3. The number of nitrogen functional groups attached to an aromatic ring is 1. The summed E-state index contributed by atoms with van der Waals surface area (Å²) >= 11 is 0. The van der Waals surface area contributed by atoms with Gasteiger partial charge in [0.05, 0.1) is 18.0 Å². The van der Waals surface area contributed by atoms with Gasteiger partial charge in [-0.25, -0.2) is 0 Å². The maximum absolute atomic E-state index is 5.72. The molecule has 0 aliphatic heterocycles. The average molecular weight is 307 g/mol. The van der Waals surface area contributed by atoms with E-state index in [1.54, 1.807) is 0 Å². The molecule has 0 aliphatic carbocycles. The van der Waals surface area contributed by atoms with Crippen molar-refractivity contribution in [2.24, 2.45) is 0 Å². The second-order valence-corrected chi connectivity index (χ2v) is 5.52. The largest absolute Gasteiger partial charge is 0.494 e. The number of aromatic nitrogens is 2.